The molecule has 0 saturated carbocycles. The van der Waals surface area contributed by atoms with Crippen LogP contribution in [0.4, 0.5) is 17.6 Å². The molecule has 3 aromatic rings. The predicted molar refractivity (Wildman–Crippen MR) is 97.1 cm³/mol. The molecule has 0 spiro atoms. The predicted octanol–water partition coefficient (Wildman–Crippen LogP) is 2.79. The van der Waals surface area contributed by atoms with Gasteiger partial charge in [0.2, 0.25) is 5.88 Å². The summed E-state index contributed by atoms with van der Waals surface area (Å²) in [5.74, 6) is -0.660. The highest BCUT2D eigenvalue weighted by Gasteiger charge is 2.19. The van der Waals surface area contributed by atoms with Crippen molar-refractivity contribution in [2.45, 2.75) is 26.5 Å². The van der Waals surface area contributed by atoms with Gasteiger partial charge in [0.15, 0.2) is 0 Å². The van der Waals surface area contributed by atoms with Crippen LogP contribution in [0, 0.1) is 6.92 Å². The molecule has 0 bridgehead atoms. The average Bonchev–Trinajstić information content (AvgIpc) is 3.10. The number of nitrogens with zero attached hydrogens (tertiary/aromatic N) is 4. The third-order valence-corrected chi connectivity index (χ3v) is 4.26. The monoisotopic (exact) mass is 427 g/mol. The maximum Gasteiger partial charge on any atom is 0.388 e. The number of rotatable bonds is 8. The zero-order valence-electron chi connectivity index (χ0n) is 15.9. The van der Waals surface area contributed by atoms with Crippen LogP contribution < -0.4 is 14.8 Å². The molecule has 0 aliphatic heterocycles. The van der Waals surface area contributed by atoms with Crippen molar-refractivity contribution in [3.63, 3.8) is 0 Å². The summed E-state index contributed by atoms with van der Waals surface area (Å²) in [4.78, 5) is 24.3. The molecular weight excluding hydrogens is 410 g/mol. The Hall–Kier alpha value is -3.44. The van der Waals surface area contributed by atoms with Gasteiger partial charge in [-0.25, -0.2) is 23.7 Å². The topological polar surface area (TPSA) is 91.2 Å². The number of alkyl halides is 4. The van der Waals surface area contributed by atoms with E-state index in [0.29, 0.717) is 22.5 Å². The number of carbonyl (C=O) groups excluding carboxylic acids is 1. The summed E-state index contributed by atoms with van der Waals surface area (Å²) in [6.45, 7) is -2.18. The van der Waals surface area contributed by atoms with E-state index in [2.05, 4.69) is 25.0 Å². The lowest BCUT2D eigenvalue weighted by atomic mass is 10.1. The maximum atomic E-state index is 12.5. The first kappa shape index (κ1) is 21.3. The summed E-state index contributed by atoms with van der Waals surface area (Å²) in [7, 11) is 1.39. The van der Waals surface area contributed by atoms with Gasteiger partial charge in [-0.15, -0.1) is 0 Å². The molecule has 30 heavy (non-hydrogen) atoms. The van der Waals surface area contributed by atoms with Crippen molar-refractivity contribution in [1.82, 2.24) is 24.8 Å². The van der Waals surface area contributed by atoms with Crippen LogP contribution in [0.25, 0.3) is 11.0 Å². The quantitative estimate of drug-likeness (QED) is 0.556. The summed E-state index contributed by atoms with van der Waals surface area (Å²) in [6.07, 6.45) is -0.176. The van der Waals surface area contributed by atoms with Crippen molar-refractivity contribution in [3.8, 4) is 11.6 Å². The van der Waals surface area contributed by atoms with Crippen LogP contribution in [0.1, 0.15) is 21.6 Å². The molecule has 2 aromatic heterocycles. The van der Waals surface area contributed by atoms with Gasteiger partial charge in [0.1, 0.15) is 17.6 Å². The standard InChI is InChI=1S/C18H17F4N5O3/c1-9-12(24-7-25-17(9)30-18(21)22)6-27-8-26-15-11(16(28)23-5-14(19)20)3-10(29-2)4-13(15)27/h3-4,7-8,14,18H,5-6H2,1-2H3,(H,23,28). The fourth-order valence-corrected chi connectivity index (χ4v) is 2.81. The second kappa shape index (κ2) is 8.93. The first-order valence-corrected chi connectivity index (χ1v) is 8.64. The van der Waals surface area contributed by atoms with Crippen molar-refractivity contribution in [2.75, 3.05) is 13.7 Å². The highest BCUT2D eigenvalue weighted by molar-refractivity contribution is 6.05. The molecule has 0 unspecified atom stereocenters. The number of amides is 1. The molecular formula is C18H17F4N5O3. The minimum absolute atomic E-state index is 0.0601. The molecule has 0 radical (unpaired) electrons. The lowest BCUT2D eigenvalue weighted by molar-refractivity contribution is -0.0534. The van der Waals surface area contributed by atoms with E-state index in [0.717, 1.165) is 6.33 Å². The van der Waals surface area contributed by atoms with Gasteiger partial charge in [0.05, 0.1) is 43.3 Å². The van der Waals surface area contributed by atoms with E-state index in [1.807, 2.05) is 0 Å². The molecule has 0 atom stereocenters. The molecule has 12 heteroatoms. The van der Waals surface area contributed by atoms with Crippen LogP contribution >= 0.6 is 0 Å². The Balaban J connectivity index is 1.99. The van der Waals surface area contributed by atoms with Crippen LogP contribution in [-0.2, 0) is 6.54 Å². The van der Waals surface area contributed by atoms with Crippen LogP contribution in [0.15, 0.2) is 24.8 Å². The zero-order chi connectivity index (χ0) is 21.8. The lowest BCUT2D eigenvalue weighted by Gasteiger charge is -2.12. The molecule has 0 saturated heterocycles. The van der Waals surface area contributed by atoms with E-state index in [9.17, 15) is 22.4 Å². The molecule has 0 aliphatic rings. The van der Waals surface area contributed by atoms with E-state index < -0.39 is 25.5 Å². The average molecular weight is 427 g/mol. The summed E-state index contributed by atoms with van der Waals surface area (Å²) in [5, 5.41) is 2.13. The first-order chi connectivity index (χ1) is 14.3. The number of hydrogen-bond acceptors (Lipinski definition) is 6. The van der Waals surface area contributed by atoms with Crippen LogP contribution in [0.2, 0.25) is 0 Å². The molecule has 1 amide bonds. The van der Waals surface area contributed by atoms with Gasteiger partial charge < -0.3 is 19.4 Å². The second-order valence-corrected chi connectivity index (χ2v) is 6.15. The van der Waals surface area contributed by atoms with E-state index in [1.165, 1.54) is 26.4 Å². The number of nitrogens with one attached hydrogen (secondary N) is 1. The number of ether oxygens (including phenoxy) is 2. The lowest BCUT2D eigenvalue weighted by Crippen LogP contribution is -2.28. The molecule has 0 aliphatic carbocycles. The summed E-state index contributed by atoms with van der Waals surface area (Å²) in [5.41, 5.74) is 1.50. The Morgan fingerprint density at radius 3 is 2.63 bits per heavy atom. The molecule has 8 nitrogen and oxygen atoms in total. The smallest absolute Gasteiger partial charge is 0.388 e. The van der Waals surface area contributed by atoms with Gasteiger partial charge in [-0.05, 0) is 13.0 Å². The van der Waals surface area contributed by atoms with Crippen molar-refractivity contribution in [2.24, 2.45) is 0 Å². The van der Waals surface area contributed by atoms with Crippen molar-refractivity contribution >= 4 is 16.9 Å². The zero-order valence-corrected chi connectivity index (χ0v) is 15.9. The minimum atomic E-state index is -3.03. The largest absolute Gasteiger partial charge is 0.497 e. The molecule has 2 heterocycles. The highest BCUT2D eigenvalue weighted by atomic mass is 19.3. The number of imidazole rings is 1. The molecule has 160 valence electrons. The minimum Gasteiger partial charge on any atom is -0.497 e. The fraction of sp³-hybridized carbons (Fsp3) is 0.333. The van der Waals surface area contributed by atoms with E-state index in [4.69, 9.17) is 4.74 Å². The van der Waals surface area contributed by atoms with E-state index in [-0.39, 0.29) is 23.5 Å². The third-order valence-electron chi connectivity index (χ3n) is 4.26. The van der Waals surface area contributed by atoms with Gasteiger partial charge >= 0.3 is 6.61 Å². The van der Waals surface area contributed by atoms with E-state index >= 15 is 0 Å². The second-order valence-electron chi connectivity index (χ2n) is 6.15. The normalized spacial score (nSPS) is 11.3. The molecule has 3 rings (SSSR count). The van der Waals surface area contributed by atoms with Crippen LogP contribution in [0.3, 0.4) is 0 Å². The Morgan fingerprint density at radius 2 is 1.97 bits per heavy atom. The first-order valence-electron chi connectivity index (χ1n) is 8.64. The van der Waals surface area contributed by atoms with Gasteiger partial charge in [0, 0.05) is 11.6 Å². The Morgan fingerprint density at radius 1 is 1.20 bits per heavy atom. The maximum absolute atomic E-state index is 12.5. The van der Waals surface area contributed by atoms with Gasteiger partial charge in [-0.1, -0.05) is 0 Å². The summed E-state index contributed by atoms with van der Waals surface area (Å²) >= 11 is 0. The number of benzene rings is 1. The SMILES string of the molecule is COc1cc(C(=O)NCC(F)F)c2ncn(Cc3ncnc(OC(F)F)c3C)c2c1. The van der Waals surface area contributed by atoms with Crippen LogP contribution in [-0.4, -0.2) is 52.1 Å². The highest BCUT2D eigenvalue weighted by Crippen LogP contribution is 2.26. The fourth-order valence-electron chi connectivity index (χ4n) is 2.81. The van der Waals surface area contributed by atoms with Crippen molar-refractivity contribution < 1.29 is 31.8 Å². The van der Waals surface area contributed by atoms with Crippen molar-refractivity contribution in [1.29, 1.82) is 0 Å². The molecule has 1 N–H and O–H groups in total. The summed E-state index contributed by atoms with van der Waals surface area (Å²) in [6, 6.07) is 3.00. The number of methoxy groups -OCH3 is 1. The number of fused-ring (bicyclic) bond motifs is 1. The van der Waals surface area contributed by atoms with Gasteiger partial charge in [-0.2, -0.15) is 8.78 Å². The van der Waals surface area contributed by atoms with E-state index in [1.54, 1.807) is 10.6 Å². The van der Waals surface area contributed by atoms with Gasteiger partial charge in [0.25, 0.3) is 12.3 Å². The van der Waals surface area contributed by atoms with Gasteiger partial charge in [-0.3, -0.25) is 4.79 Å². The Kier molecular flexibility index (Phi) is 6.33. The number of halogens is 4. The Labute approximate surface area is 167 Å². The third kappa shape index (κ3) is 4.58. The van der Waals surface area contributed by atoms with Crippen LogP contribution in [0.5, 0.6) is 11.6 Å². The number of hydrogen-bond donors (Lipinski definition) is 1. The number of aromatic nitrogens is 4. The Bertz CT molecular complexity index is 1060. The number of carbonyl (C=O) groups is 1. The summed E-state index contributed by atoms with van der Waals surface area (Å²) < 4.78 is 61.1. The molecule has 1 aromatic carbocycles. The molecule has 0 fully saturated rings. The van der Waals surface area contributed by atoms with Crippen molar-refractivity contribution in [3.05, 3.63) is 41.6 Å².